The van der Waals surface area contributed by atoms with Gasteiger partial charge >= 0.3 is 5.97 Å². The Morgan fingerprint density at radius 1 is 1.13 bits per heavy atom. The molecule has 124 valence electrons. The molecule has 0 amide bonds. The van der Waals surface area contributed by atoms with Gasteiger partial charge in [-0.3, -0.25) is 0 Å². The van der Waals surface area contributed by atoms with Gasteiger partial charge in [0.25, 0.3) is 10.0 Å². The molecule has 2 rings (SSSR count). The molecule has 1 aromatic carbocycles. The highest BCUT2D eigenvalue weighted by atomic mass is 32.2. The fourth-order valence-electron chi connectivity index (χ4n) is 1.61. The maximum Gasteiger partial charge on any atom is 0.344 e. The first-order chi connectivity index (χ1) is 10.9. The predicted molar refractivity (Wildman–Crippen MR) is 81.3 cm³/mol. The number of sulfonamides is 1. The van der Waals surface area contributed by atoms with Crippen LogP contribution in [0.3, 0.4) is 0 Å². The molecular formula is C15H17NO6S. The van der Waals surface area contributed by atoms with Gasteiger partial charge in [0.1, 0.15) is 18.1 Å². The Morgan fingerprint density at radius 2 is 1.83 bits per heavy atom. The van der Waals surface area contributed by atoms with E-state index in [0.717, 1.165) is 4.31 Å². The summed E-state index contributed by atoms with van der Waals surface area (Å²) >= 11 is 0. The van der Waals surface area contributed by atoms with Crippen molar-refractivity contribution in [3.05, 3.63) is 48.2 Å². The number of carbonyl (C=O) groups is 1. The number of carbonyl (C=O) groups excluding carboxylic acids is 1. The van der Waals surface area contributed by atoms with Gasteiger partial charge in [-0.2, -0.15) is 0 Å². The lowest BCUT2D eigenvalue weighted by molar-refractivity contribution is -0.147. The zero-order valence-electron chi connectivity index (χ0n) is 12.8. The second-order valence-electron chi connectivity index (χ2n) is 4.77. The zero-order chi connectivity index (χ0) is 16.9. The van der Waals surface area contributed by atoms with Crippen molar-refractivity contribution in [1.29, 1.82) is 0 Å². The van der Waals surface area contributed by atoms with Gasteiger partial charge in [0.05, 0.1) is 0 Å². The third kappa shape index (κ3) is 4.57. The van der Waals surface area contributed by atoms with E-state index in [-0.39, 0.29) is 24.1 Å². The molecule has 0 fully saturated rings. The Balaban J connectivity index is 1.84. The highest BCUT2D eigenvalue weighted by molar-refractivity contribution is 7.88. The van der Waals surface area contributed by atoms with E-state index >= 15 is 0 Å². The van der Waals surface area contributed by atoms with Crippen LogP contribution in [0.2, 0.25) is 0 Å². The van der Waals surface area contributed by atoms with Crippen LogP contribution >= 0.6 is 0 Å². The smallest absolute Gasteiger partial charge is 0.344 e. The number of hydrogen-bond donors (Lipinski definition) is 0. The molecule has 2 aromatic rings. The molecule has 0 aliphatic rings. The van der Waals surface area contributed by atoms with E-state index in [1.807, 2.05) is 6.07 Å². The topological polar surface area (TPSA) is 86.0 Å². The molecular weight excluding hydrogens is 322 g/mol. The third-order valence-electron chi connectivity index (χ3n) is 2.85. The summed E-state index contributed by atoms with van der Waals surface area (Å²) in [5, 5.41) is -0.200. The van der Waals surface area contributed by atoms with Crippen LogP contribution in [0, 0.1) is 0 Å². The van der Waals surface area contributed by atoms with E-state index in [4.69, 9.17) is 13.9 Å². The van der Waals surface area contributed by atoms with Crippen molar-refractivity contribution in [3.63, 3.8) is 0 Å². The maximum atomic E-state index is 11.8. The van der Waals surface area contributed by atoms with Crippen molar-refractivity contribution >= 4 is 16.0 Å². The van der Waals surface area contributed by atoms with E-state index in [2.05, 4.69) is 0 Å². The minimum Gasteiger partial charge on any atom is -0.482 e. The largest absolute Gasteiger partial charge is 0.482 e. The Hall–Kier alpha value is -2.32. The normalized spacial score (nSPS) is 11.4. The van der Waals surface area contributed by atoms with Crippen LogP contribution < -0.4 is 4.74 Å². The molecule has 0 atom stereocenters. The summed E-state index contributed by atoms with van der Waals surface area (Å²) in [6.45, 7) is -0.409. The molecule has 0 aliphatic carbocycles. The van der Waals surface area contributed by atoms with Crippen LogP contribution in [0.25, 0.3) is 0 Å². The summed E-state index contributed by atoms with van der Waals surface area (Å²) in [4.78, 5) is 11.6. The van der Waals surface area contributed by atoms with Crippen LogP contribution in [0.15, 0.2) is 52.0 Å². The number of para-hydroxylation sites is 1. The molecule has 0 bridgehead atoms. The first-order valence-electron chi connectivity index (χ1n) is 6.74. The first kappa shape index (κ1) is 17.0. The summed E-state index contributed by atoms with van der Waals surface area (Å²) in [6, 6.07) is 11.6. The highest BCUT2D eigenvalue weighted by Crippen LogP contribution is 2.17. The standard InChI is InChI=1S/C15H17NO6S/c1-16(2)23(18,19)15-9-8-13(22-15)10-21-14(17)11-20-12-6-4-3-5-7-12/h3-9H,10-11H2,1-2H3. The zero-order valence-corrected chi connectivity index (χ0v) is 13.6. The number of benzene rings is 1. The minimum absolute atomic E-state index is 0.167. The van der Waals surface area contributed by atoms with Gasteiger partial charge in [-0.1, -0.05) is 18.2 Å². The van der Waals surface area contributed by atoms with Crippen LogP contribution in [0.5, 0.6) is 5.75 Å². The second-order valence-corrected chi connectivity index (χ2v) is 6.85. The number of furan rings is 1. The molecule has 1 heterocycles. The van der Waals surface area contributed by atoms with Gasteiger partial charge < -0.3 is 13.9 Å². The third-order valence-corrected chi connectivity index (χ3v) is 4.54. The molecule has 0 saturated carbocycles. The predicted octanol–water partition coefficient (Wildman–Crippen LogP) is 1.65. The summed E-state index contributed by atoms with van der Waals surface area (Å²) < 4.78 is 40.1. The molecule has 0 radical (unpaired) electrons. The van der Waals surface area contributed by atoms with Gasteiger partial charge in [-0.15, -0.1) is 0 Å². The number of esters is 1. The molecule has 0 spiro atoms. The van der Waals surface area contributed by atoms with Crippen molar-refractivity contribution < 1.29 is 27.1 Å². The molecule has 7 nitrogen and oxygen atoms in total. The van der Waals surface area contributed by atoms with Crippen LogP contribution in [0.4, 0.5) is 0 Å². The summed E-state index contributed by atoms with van der Waals surface area (Å²) in [7, 11) is -0.837. The molecule has 1 aromatic heterocycles. The lowest BCUT2D eigenvalue weighted by Gasteiger charge is -2.08. The van der Waals surface area contributed by atoms with Crippen molar-refractivity contribution in [2.24, 2.45) is 0 Å². The Bertz CT molecular complexity index is 751. The van der Waals surface area contributed by atoms with Crippen molar-refractivity contribution in [3.8, 4) is 5.75 Å². The summed E-state index contributed by atoms with van der Waals surface area (Å²) in [6.07, 6.45) is 0. The molecule has 8 heteroatoms. The Kier molecular flexibility index (Phi) is 5.41. The maximum absolute atomic E-state index is 11.8. The van der Waals surface area contributed by atoms with Gasteiger partial charge in [-0.05, 0) is 24.3 Å². The highest BCUT2D eigenvalue weighted by Gasteiger charge is 2.21. The SMILES string of the molecule is CN(C)S(=O)(=O)c1ccc(COC(=O)COc2ccccc2)o1. The monoisotopic (exact) mass is 339 g/mol. The van der Waals surface area contributed by atoms with Crippen molar-refractivity contribution in [2.75, 3.05) is 20.7 Å². The average molecular weight is 339 g/mol. The molecule has 0 aliphatic heterocycles. The Labute approximate surface area is 134 Å². The van der Waals surface area contributed by atoms with E-state index in [1.165, 1.54) is 26.2 Å². The van der Waals surface area contributed by atoms with E-state index in [0.29, 0.717) is 5.75 Å². The molecule has 0 N–H and O–H groups in total. The van der Waals surface area contributed by atoms with E-state index < -0.39 is 16.0 Å². The fraction of sp³-hybridized carbons (Fsp3) is 0.267. The molecule has 0 unspecified atom stereocenters. The van der Waals surface area contributed by atoms with Crippen molar-refractivity contribution in [1.82, 2.24) is 4.31 Å². The van der Waals surface area contributed by atoms with Gasteiger partial charge in [-0.25, -0.2) is 17.5 Å². The quantitative estimate of drug-likeness (QED) is 0.713. The van der Waals surface area contributed by atoms with Gasteiger partial charge in [0.15, 0.2) is 6.61 Å². The Morgan fingerprint density at radius 3 is 2.48 bits per heavy atom. The second kappa shape index (κ2) is 7.30. The van der Waals surface area contributed by atoms with Crippen LogP contribution in [-0.4, -0.2) is 39.4 Å². The molecule has 0 saturated heterocycles. The average Bonchev–Trinajstić information content (AvgIpc) is 3.01. The minimum atomic E-state index is -3.64. The van der Waals surface area contributed by atoms with Crippen molar-refractivity contribution in [2.45, 2.75) is 11.7 Å². The lowest BCUT2D eigenvalue weighted by Crippen LogP contribution is -2.21. The molecule has 23 heavy (non-hydrogen) atoms. The summed E-state index contributed by atoms with van der Waals surface area (Å²) in [5.41, 5.74) is 0. The first-order valence-corrected chi connectivity index (χ1v) is 8.18. The lowest BCUT2D eigenvalue weighted by atomic mass is 10.3. The summed E-state index contributed by atoms with van der Waals surface area (Å²) in [5.74, 6) is 0.211. The number of hydrogen-bond acceptors (Lipinski definition) is 6. The van der Waals surface area contributed by atoms with Gasteiger partial charge in [0, 0.05) is 14.1 Å². The number of nitrogens with zero attached hydrogens (tertiary/aromatic N) is 1. The fourth-order valence-corrected chi connectivity index (χ4v) is 2.42. The van der Waals surface area contributed by atoms with Crippen LogP contribution in [-0.2, 0) is 26.2 Å². The number of rotatable bonds is 7. The van der Waals surface area contributed by atoms with Gasteiger partial charge in [0.2, 0.25) is 5.09 Å². The van der Waals surface area contributed by atoms with Crippen LogP contribution in [0.1, 0.15) is 5.76 Å². The van der Waals surface area contributed by atoms with E-state index in [1.54, 1.807) is 24.3 Å². The van der Waals surface area contributed by atoms with E-state index in [9.17, 15) is 13.2 Å². The number of ether oxygens (including phenoxy) is 2.